The molecule has 0 N–H and O–H groups in total. The summed E-state index contributed by atoms with van der Waals surface area (Å²) in [6.45, 7) is 2.21. The lowest BCUT2D eigenvalue weighted by atomic mass is 9.88. The van der Waals surface area contributed by atoms with E-state index in [4.69, 9.17) is 9.72 Å². The van der Waals surface area contributed by atoms with E-state index in [0.29, 0.717) is 53.7 Å². The SMILES string of the molecule is Cc1cc2c(-c3ccc(C(F)(F)F)cc3F)nc([C@H]3CCO[C@H](c4cnn(C5CC5)c4)C3)cc2c(=O)n1C. The van der Waals surface area contributed by atoms with Crippen LogP contribution in [0, 0.1) is 12.7 Å². The quantitative estimate of drug-likeness (QED) is 0.296. The molecule has 1 aliphatic carbocycles. The molecular formula is C28H26F4N4O2. The average Bonchev–Trinajstić information content (AvgIpc) is 3.63. The molecule has 2 aliphatic rings. The van der Waals surface area contributed by atoms with Crippen LogP contribution in [0.5, 0.6) is 0 Å². The molecule has 0 spiro atoms. The number of fused-ring (bicyclic) bond motifs is 1. The highest BCUT2D eigenvalue weighted by Crippen LogP contribution is 2.41. The molecule has 0 radical (unpaired) electrons. The van der Waals surface area contributed by atoms with Crippen LogP contribution >= 0.6 is 0 Å². The second-order valence-corrected chi connectivity index (χ2v) is 10.3. The fourth-order valence-electron chi connectivity index (χ4n) is 5.20. The van der Waals surface area contributed by atoms with Crippen LogP contribution in [0.25, 0.3) is 22.0 Å². The van der Waals surface area contributed by atoms with Gasteiger partial charge in [-0.05, 0) is 62.9 Å². The number of nitrogens with zero attached hydrogens (tertiary/aromatic N) is 4. The first-order valence-electron chi connectivity index (χ1n) is 12.6. The molecule has 4 heterocycles. The van der Waals surface area contributed by atoms with Gasteiger partial charge in [0.2, 0.25) is 0 Å². The summed E-state index contributed by atoms with van der Waals surface area (Å²) in [5.41, 5.74) is 0.931. The van der Waals surface area contributed by atoms with E-state index in [2.05, 4.69) is 5.10 Å². The first kappa shape index (κ1) is 24.8. The van der Waals surface area contributed by atoms with E-state index in [1.807, 2.05) is 17.1 Å². The van der Waals surface area contributed by atoms with Crippen LogP contribution in [-0.2, 0) is 18.0 Å². The third-order valence-corrected chi connectivity index (χ3v) is 7.66. The number of pyridine rings is 2. The maximum atomic E-state index is 15.2. The molecular weight excluding hydrogens is 500 g/mol. The molecule has 0 unspecified atom stereocenters. The number of hydrogen-bond donors (Lipinski definition) is 0. The summed E-state index contributed by atoms with van der Waals surface area (Å²) in [6, 6.07) is 6.32. The minimum atomic E-state index is -4.67. The second-order valence-electron chi connectivity index (χ2n) is 10.3. The van der Waals surface area contributed by atoms with Crippen molar-refractivity contribution >= 4 is 10.8 Å². The van der Waals surface area contributed by atoms with Gasteiger partial charge in [0, 0.05) is 53.7 Å². The van der Waals surface area contributed by atoms with Crippen molar-refractivity contribution in [2.45, 2.75) is 56.8 Å². The van der Waals surface area contributed by atoms with Crippen molar-refractivity contribution in [3.63, 3.8) is 0 Å². The van der Waals surface area contributed by atoms with Crippen LogP contribution in [0.1, 0.15) is 66.3 Å². The summed E-state index contributed by atoms with van der Waals surface area (Å²) >= 11 is 0. The van der Waals surface area contributed by atoms with Gasteiger partial charge >= 0.3 is 6.18 Å². The molecule has 0 amide bonds. The fraction of sp³-hybridized carbons (Fsp3) is 0.393. The van der Waals surface area contributed by atoms with Gasteiger partial charge in [-0.15, -0.1) is 0 Å². The van der Waals surface area contributed by atoms with Gasteiger partial charge in [0.15, 0.2) is 0 Å². The van der Waals surface area contributed by atoms with Gasteiger partial charge in [0.25, 0.3) is 5.56 Å². The van der Waals surface area contributed by atoms with Crippen molar-refractivity contribution in [1.29, 1.82) is 0 Å². The third-order valence-electron chi connectivity index (χ3n) is 7.66. The normalized spacial score (nSPS) is 20.3. The molecule has 1 saturated carbocycles. The van der Waals surface area contributed by atoms with Crippen LogP contribution in [-0.4, -0.2) is 25.9 Å². The van der Waals surface area contributed by atoms with E-state index in [0.717, 1.165) is 30.5 Å². The van der Waals surface area contributed by atoms with Crippen molar-refractivity contribution in [1.82, 2.24) is 19.3 Å². The highest BCUT2D eigenvalue weighted by atomic mass is 19.4. The zero-order chi connectivity index (χ0) is 26.8. The number of alkyl halides is 3. The summed E-state index contributed by atoms with van der Waals surface area (Å²) in [7, 11) is 1.65. The van der Waals surface area contributed by atoms with Crippen LogP contribution in [0.2, 0.25) is 0 Å². The highest BCUT2D eigenvalue weighted by molar-refractivity contribution is 5.95. The minimum absolute atomic E-state index is 0.0770. The summed E-state index contributed by atoms with van der Waals surface area (Å²) < 4.78 is 64.2. The molecule has 2 atom stereocenters. The Kier molecular flexibility index (Phi) is 5.90. The Bertz CT molecular complexity index is 1600. The van der Waals surface area contributed by atoms with E-state index in [-0.39, 0.29) is 28.8 Å². The smallest absolute Gasteiger partial charge is 0.373 e. The maximum absolute atomic E-state index is 15.2. The van der Waals surface area contributed by atoms with Crippen molar-refractivity contribution < 1.29 is 22.3 Å². The first-order chi connectivity index (χ1) is 18.1. The summed E-state index contributed by atoms with van der Waals surface area (Å²) in [4.78, 5) is 18.0. The van der Waals surface area contributed by atoms with E-state index in [1.165, 1.54) is 4.57 Å². The predicted molar refractivity (Wildman–Crippen MR) is 133 cm³/mol. The molecule has 2 fully saturated rings. The zero-order valence-corrected chi connectivity index (χ0v) is 20.9. The molecule has 6 rings (SSSR count). The van der Waals surface area contributed by atoms with Gasteiger partial charge in [0.05, 0.1) is 35.0 Å². The molecule has 1 saturated heterocycles. The van der Waals surface area contributed by atoms with Gasteiger partial charge in [-0.2, -0.15) is 18.3 Å². The lowest BCUT2D eigenvalue weighted by Gasteiger charge is -2.29. The Hall–Kier alpha value is -3.53. The zero-order valence-electron chi connectivity index (χ0n) is 20.9. The Morgan fingerprint density at radius 3 is 2.58 bits per heavy atom. The molecule has 198 valence electrons. The topological polar surface area (TPSA) is 61.9 Å². The number of aryl methyl sites for hydroxylation is 1. The Morgan fingerprint density at radius 2 is 1.87 bits per heavy atom. The summed E-state index contributed by atoms with van der Waals surface area (Å²) in [5, 5.41) is 5.22. The van der Waals surface area contributed by atoms with Crippen molar-refractivity contribution in [3.05, 3.63) is 81.4 Å². The Morgan fingerprint density at radius 1 is 1.08 bits per heavy atom. The largest absolute Gasteiger partial charge is 0.416 e. The van der Waals surface area contributed by atoms with Crippen molar-refractivity contribution in [2.24, 2.45) is 7.05 Å². The third kappa shape index (κ3) is 4.40. The minimum Gasteiger partial charge on any atom is -0.373 e. The van der Waals surface area contributed by atoms with E-state index >= 15 is 4.39 Å². The van der Waals surface area contributed by atoms with E-state index < -0.39 is 17.6 Å². The standard InChI is InChI=1S/C28H26F4N4O2/c1-15-9-21-22(27(37)35(15)2)12-24(34-26(21)20-6-3-18(11-23(20)29)28(30,31)32)16-7-8-38-25(10-16)17-13-33-36(14-17)19-4-5-19/h3,6,9,11-14,16,19,25H,4-5,7-8,10H2,1-2H3/t16-,25-/m0/s1. The van der Waals surface area contributed by atoms with Crippen molar-refractivity contribution in [3.8, 4) is 11.3 Å². The maximum Gasteiger partial charge on any atom is 0.416 e. The molecule has 10 heteroatoms. The number of benzene rings is 1. The van der Waals surface area contributed by atoms with Crippen LogP contribution in [0.3, 0.4) is 0 Å². The number of halogens is 4. The monoisotopic (exact) mass is 526 g/mol. The van der Waals surface area contributed by atoms with Crippen molar-refractivity contribution in [2.75, 3.05) is 6.61 Å². The molecule has 0 bridgehead atoms. The average molecular weight is 527 g/mol. The lowest BCUT2D eigenvalue weighted by Crippen LogP contribution is -2.22. The second kappa shape index (κ2) is 9.04. The van der Waals surface area contributed by atoms with Crippen LogP contribution in [0.15, 0.2) is 47.5 Å². The Balaban J connectivity index is 1.45. The first-order valence-corrected chi connectivity index (χ1v) is 12.6. The predicted octanol–water partition coefficient (Wildman–Crippen LogP) is 6.23. The van der Waals surface area contributed by atoms with Gasteiger partial charge in [-0.25, -0.2) is 4.39 Å². The molecule has 4 aromatic rings. The highest BCUT2D eigenvalue weighted by Gasteiger charge is 2.33. The van der Waals surface area contributed by atoms with Gasteiger partial charge in [0.1, 0.15) is 5.82 Å². The summed E-state index contributed by atoms with van der Waals surface area (Å²) in [6.07, 6.45) is 2.44. The van der Waals surface area contributed by atoms with Gasteiger partial charge < -0.3 is 9.30 Å². The lowest BCUT2D eigenvalue weighted by molar-refractivity contribution is -0.137. The van der Waals surface area contributed by atoms with Crippen LogP contribution in [0.4, 0.5) is 17.6 Å². The van der Waals surface area contributed by atoms with E-state index in [9.17, 15) is 18.0 Å². The molecule has 3 aromatic heterocycles. The number of ether oxygens (including phenoxy) is 1. The molecule has 1 aliphatic heterocycles. The van der Waals surface area contributed by atoms with Crippen LogP contribution < -0.4 is 5.56 Å². The van der Waals surface area contributed by atoms with Gasteiger partial charge in [-0.3, -0.25) is 14.5 Å². The number of aromatic nitrogens is 4. The fourth-order valence-corrected chi connectivity index (χ4v) is 5.20. The Labute approximate surface area is 215 Å². The van der Waals surface area contributed by atoms with E-state index in [1.54, 1.807) is 26.1 Å². The molecule has 6 nitrogen and oxygen atoms in total. The van der Waals surface area contributed by atoms with Gasteiger partial charge in [-0.1, -0.05) is 0 Å². The number of rotatable bonds is 4. The number of hydrogen-bond acceptors (Lipinski definition) is 4. The molecule has 1 aromatic carbocycles. The molecule has 38 heavy (non-hydrogen) atoms. The summed E-state index contributed by atoms with van der Waals surface area (Å²) in [5.74, 6) is -1.13.